The van der Waals surface area contributed by atoms with Gasteiger partial charge in [-0.15, -0.1) is 21.5 Å². The summed E-state index contributed by atoms with van der Waals surface area (Å²) in [4.78, 5) is 17.5. The third-order valence-electron chi connectivity index (χ3n) is 5.00. The Morgan fingerprint density at radius 1 is 1.03 bits per heavy atom. The minimum Gasteiger partial charge on any atom is -0.302 e. The van der Waals surface area contributed by atoms with Crippen molar-refractivity contribution in [2.75, 3.05) is 0 Å². The predicted molar refractivity (Wildman–Crippen MR) is 124 cm³/mol. The normalized spacial score (nSPS) is 11.3. The van der Waals surface area contributed by atoms with Crippen molar-refractivity contribution in [2.24, 2.45) is 0 Å². The first-order valence-corrected chi connectivity index (χ1v) is 11.9. The SMILES string of the molecule is O=c1cc(CSc2nnc(-c3ccccc3F)n2CCc2ccccc2)nc2sccn12. The summed E-state index contributed by atoms with van der Waals surface area (Å²) in [7, 11) is 0. The molecule has 0 fully saturated rings. The molecule has 32 heavy (non-hydrogen) atoms. The zero-order chi connectivity index (χ0) is 21.9. The van der Waals surface area contributed by atoms with E-state index >= 15 is 0 Å². The summed E-state index contributed by atoms with van der Waals surface area (Å²) in [6.07, 6.45) is 2.47. The molecular weight excluding hydrogens is 445 g/mol. The Hall–Kier alpha value is -3.30. The second-order valence-corrected chi connectivity index (χ2v) is 8.92. The van der Waals surface area contributed by atoms with Gasteiger partial charge in [0.25, 0.3) is 5.56 Å². The van der Waals surface area contributed by atoms with Gasteiger partial charge in [0, 0.05) is 29.9 Å². The number of fused-ring (bicyclic) bond motifs is 1. The summed E-state index contributed by atoms with van der Waals surface area (Å²) in [5.41, 5.74) is 2.16. The molecule has 0 bridgehead atoms. The summed E-state index contributed by atoms with van der Waals surface area (Å²) < 4.78 is 18.0. The molecule has 0 unspecified atom stereocenters. The molecule has 0 aliphatic rings. The highest BCUT2D eigenvalue weighted by Gasteiger charge is 2.17. The van der Waals surface area contributed by atoms with Crippen LogP contribution in [0.15, 0.2) is 82.2 Å². The lowest BCUT2D eigenvalue weighted by Crippen LogP contribution is -2.12. The summed E-state index contributed by atoms with van der Waals surface area (Å²) in [5, 5.41) is 11.1. The average Bonchev–Trinajstić information content (AvgIpc) is 3.44. The maximum atomic E-state index is 14.5. The van der Waals surface area contributed by atoms with Crippen molar-refractivity contribution in [3.8, 4) is 11.4 Å². The first-order valence-electron chi connectivity index (χ1n) is 9.99. The van der Waals surface area contributed by atoms with E-state index in [0.29, 0.717) is 39.5 Å². The third kappa shape index (κ3) is 4.21. The van der Waals surface area contributed by atoms with Crippen molar-refractivity contribution in [1.29, 1.82) is 0 Å². The second kappa shape index (κ2) is 9.05. The van der Waals surface area contributed by atoms with Crippen LogP contribution in [0.4, 0.5) is 4.39 Å². The Labute approximate surface area is 191 Å². The zero-order valence-electron chi connectivity index (χ0n) is 16.9. The van der Waals surface area contributed by atoms with Crippen molar-refractivity contribution in [1.82, 2.24) is 24.1 Å². The van der Waals surface area contributed by atoms with E-state index in [1.807, 2.05) is 28.1 Å². The highest BCUT2D eigenvalue weighted by atomic mass is 32.2. The van der Waals surface area contributed by atoms with Crippen LogP contribution in [0, 0.1) is 5.82 Å². The van der Waals surface area contributed by atoms with Gasteiger partial charge in [-0.2, -0.15) is 0 Å². The monoisotopic (exact) mass is 463 g/mol. The summed E-state index contributed by atoms with van der Waals surface area (Å²) in [6, 6.07) is 18.2. The fourth-order valence-corrected chi connectivity index (χ4v) is 5.02. The summed E-state index contributed by atoms with van der Waals surface area (Å²) >= 11 is 2.85. The van der Waals surface area contributed by atoms with Gasteiger partial charge >= 0.3 is 0 Å². The molecule has 0 saturated heterocycles. The van der Waals surface area contributed by atoms with Gasteiger partial charge in [-0.3, -0.25) is 9.20 Å². The number of thioether (sulfide) groups is 1. The van der Waals surface area contributed by atoms with Crippen LogP contribution in [-0.2, 0) is 18.7 Å². The minimum absolute atomic E-state index is 0.107. The molecule has 5 rings (SSSR count). The molecule has 160 valence electrons. The van der Waals surface area contributed by atoms with Crippen LogP contribution >= 0.6 is 23.1 Å². The Morgan fingerprint density at radius 2 is 1.84 bits per heavy atom. The van der Waals surface area contributed by atoms with Crippen LogP contribution in [0.5, 0.6) is 0 Å². The van der Waals surface area contributed by atoms with Gasteiger partial charge < -0.3 is 4.57 Å². The third-order valence-corrected chi connectivity index (χ3v) is 6.76. The molecular formula is C23H18FN5OS2. The van der Waals surface area contributed by atoms with Gasteiger partial charge in [0.2, 0.25) is 0 Å². The maximum Gasteiger partial charge on any atom is 0.258 e. The standard InChI is InChI=1S/C23H18FN5OS2/c24-19-9-5-4-8-18(19)21-26-27-23(29(21)11-10-16-6-2-1-3-7-16)32-15-17-14-20(30)28-12-13-31-22(28)25-17/h1-9,12-14H,10-11,15H2. The molecule has 3 heterocycles. The van der Waals surface area contributed by atoms with E-state index in [-0.39, 0.29) is 11.4 Å². The van der Waals surface area contributed by atoms with E-state index in [4.69, 9.17) is 0 Å². The molecule has 0 N–H and O–H groups in total. The van der Waals surface area contributed by atoms with E-state index < -0.39 is 0 Å². The number of hydrogen-bond donors (Lipinski definition) is 0. The van der Waals surface area contributed by atoms with Crippen molar-refractivity contribution in [3.05, 3.63) is 99.7 Å². The largest absolute Gasteiger partial charge is 0.302 e. The van der Waals surface area contributed by atoms with E-state index in [1.165, 1.54) is 45.2 Å². The summed E-state index contributed by atoms with van der Waals surface area (Å²) in [6.45, 7) is 0.600. The Bertz CT molecular complexity index is 1430. The lowest BCUT2D eigenvalue weighted by atomic mass is 10.1. The van der Waals surface area contributed by atoms with E-state index in [1.54, 1.807) is 24.4 Å². The molecule has 3 aromatic heterocycles. The summed E-state index contributed by atoms with van der Waals surface area (Å²) in [5.74, 6) is 0.614. The molecule has 6 nitrogen and oxygen atoms in total. The van der Waals surface area contributed by atoms with Gasteiger partial charge in [-0.25, -0.2) is 9.37 Å². The second-order valence-electron chi connectivity index (χ2n) is 7.10. The lowest BCUT2D eigenvalue weighted by molar-refractivity contribution is 0.616. The van der Waals surface area contributed by atoms with Crippen LogP contribution in [0.25, 0.3) is 16.3 Å². The van der Waals surface area contributed by atoms with Gasteiger partial charge in [-0.05, 0) is 24.1 Å². The molecule has 5 aromatic rings. The minimum atomic E-state index is -0.338. The fraction of sp³-hybridized carbons (Fsp3) is 0.130. The zero-order valence-corrected chi connectivity index (χ0v) is 18.5. The highest BCUT2D eigenvalue weighted by Crippen LogP contribution is 2.28. The van der Waals surface area contributed by atoms with Gasteiger partial charge in [0.15, 0.2) is 15.9 Å². The molecule has 0 atom stereocenters. The molecule has 9 heteroatoms. The molecule has 0 amide bonds. The van der Waals surface area contributed by atoms with E-state index in [2.05, 4.69) is 27.3 Å². The number of benzene rings is 2. The number of hydrogen-bond acceptors (Lipinski definition) is 6. The number of aryl methyl sites for hydroxylation is 1. The molecule has 0 aliphatic heterocycles. The van der Waals surface area contributed by atoms with Crippen LogP contribution in [0.3, 0.4) is 0 Å². The van der Waals surface area contributed by atoms with E-state index in [0.717, 1.165) is 6.42 Å². The molecule has 0 saturated carbocycles. The van der Waals surface area contributed by atoms with Crippen LogP contribution in [0.1, 0.15) is 11.3 Å². The van der Waals surface area contributed by atoms with Gasteiger partial charge in [-0.1, -0.05) is 54.2 Å². The molecule has 2 aromatic carbocycles. The van der Waals surface area contributed by atoms with Crippen LogP contribution < -0.4 is 5.56 Å². The van der Waals surface area contributed by atoms with Crippen molar-refractivity contribution in [2.45, 2.75) is 23.9 Å². The lowest BCUT2D eigenvalue weighted by Gasteiger charge is -2.11. The fourth-order valence-electron chi connectivity index (χ4n) is 3.42. The van der Waals surface area contributed by atoms with Crippen LogP contribution in [0.2, 0.25) is 0 Å². The topological polar surface area (TPSA) is 65.1 Å². The smallest absolute Gasteiger partial charge is 0.258 e. The number of aromatic nitrogens is 5. The Balaban J connectivity index is 1.45. The molecule has 0 spiro atoms. The first kappa shape index (κ1) is 20.6. The van der Waals surface area contributed by atoms with Crippen LogP contribution in [-0.4, -0.2) is 24.1 Å². The Morgan fingerprint density at radius 3 is 2.69 bits per heavy atom. The number of halogens is 1. The van der Waals surface area contributed by atoms with Gasteiger partial charge in [0.1, 0.15) is 5.82 Å². The van der Waals surface area contributed by atoms with Crippen molar-refractivity contribution in [3.63, 3.8) is 0 Å². The van der Waals surface area contributed by atoms with Gasteiger partial charge in [0.05, 0.1) is 11.3 Å². The number of rotatable bonds is 7. The van der Waals surface area contributed by atoms with Crippen molar-refractivity contribution >= 4 is 28.1 Å². The van der Waals surface area contributed by atoms with E-state index in [9.17, 15) is 9.18 Å². The Kier molecular flexibility index (Phi) is 5.83. The molecule has 0 radical (unpaired) electrons. The maximum absolute atomic E-state index is 14.5. The van der Waals surface area contributed by atoms with Crippen molar-refractivity contribution < 1.29 is 4.39 Å². The highest BCUT2D eigenvalue weighted by molar-refractivity contribution is 7.98. The first-order chi connectivity index (χ1) is 15.7. The number of nitrogens with zero attached hydrogens (tertiary/aromatic N) is 5. The average molecular weight is 464 g/mol. The predicted octanol–water partition coefficient (Wildman–Crippen LogP) is 4.69. The number of thiazole rings is 1. The molecule has 0 aliphatic carbocycles. The quantitative estimate of drug-likeness (QED) is 0.328.